The van der Waals surface area contributed by atoms with Crippen molar-refractivity contribution >= 4 is 17.5 Å². The maximum Gasteiger partial charge on any atom is 0.239 e. The normalized spacial score (nSPS) is 18.8. The van der Waals surface area contributed by atoms with Gasteiger partial charge in [0.25, 0.3) is 0 Å². The highest BCUT2D eigenvalue weighted by Crippen LogP contribution is 2.41. The van der Waals surface area contributed by atoms with Crippen molar-refractivity contribution in [2.75, 3.05) is 6.61 Å². The predicted molar refractivity (Wildman–Crippen MR) is 70.2 cm³/mol. The number of carbonyl (C=O) groups excluding carboxylic acids is 1. The first-order chi connectivity index (χ1) is 8.57. The fourth-order valence-corrected chi connectivity index (χ4v) is 2.32. The number of halogens is 1. The molecule has 0 bridgehead atoms. The Balaban J connectivity index is 2.16. The summed E-state index contributed by atoms with van der Waals surface area (Å²) in [6, 6.07) is 6.61. The van der Waals surface area contributed by atoms with E-state index in [1.165, 1.54) is 0 Å². The predicted octanol–water partition coefficient (Wildman–Crippen LogP) is 1.16. The van der Waals surface area contributed by atoms with Gasteiger partial charge in [0, 0.05) is 5.02 Å². The van der Waals surface area contributed by atoms with E-state index in [1.54, 1.807) is 0 Å². The van der Waals surface area contributed by atoms with Gasteiger partial charge in [0.15, 0.2) is 0 Å². The molecule has 1 saturated carbocycles. The van der Waals surface area contributed by atoms with Crippen LogP contribution in [0.25, 0.3) is 0 Å². The van der Waals surface area contributed by atoms with Gasteiger partial charge in [0.1, 0.15) is 6.04 Å². The average Bonchev–Trinajstić information content (AvgIpc) is 2.33. The zero-order chi connectivity index (χ0) is 13.2. The molecule has 4 N–H and O–H groups in total. The van der Waals surface area contributed by atoms with E-state index in [1.807, 2.05) is 24.3 Å². The van der Waals surface area contributed by atoms with Crippen LogP contribution in [0.4, 0.5) is 0 Å². The Kier molecular flexibility index (Phi) is 3.90. The van der Waals surface area contributed by atoms with Crippen molar-refractivity contribution in [3.05, 3.63) is 34.9 Å². The summed E-state index contributed by atoms with van der Waals surface area (Å²) in [5.74, 6) is -0.313. The van der Waals surface area contributed by atoms with Crippen LogP contribution in [-0.4, -0.2) is 23.7 Å². The molecule has 1 aromatic rings. The zero-order valence-corrected chi connectivity index (χ0v) is 10.8. The molecule has 2 rings (SSSR count). The molecule has 1 fully saturated rings. The molecule has 98 valence electrons. The summed E-state index contributed by atoms with van der Waals surface area (Å²) in [5, 5.41) is 12.5. The van der Waals surface area contributed by atoms with Crippen LogP contribution < -0.4 is 11.1 Å². The molecule has 1 aromatic carbocycles. The number of nitrogens with two attached hydrogens (primary N) is 1. The number of rotatable bonds is 4. The molecule has 1 unspecified atom stereocenters. The lowest BCUT2D eigenvalue weighted by Gasteiger charge is -2.43. The van der Waals surface area contributed by atoms with E-state index in [0.29, 0.717) is 5.02 Å². The first kappa shape index (κ1) is 13.3. The van der Waals surface area contributed by atoms with Crippen molar-refractivity contribution in [2.24, 2.45) is 5.73 Å². The molecule has 0 aromatic heterocycles. The maximum absolute atomic E-state index is 11.8. The number of hydrogen-bond donors (Lipinski definition) is 3. The lowest BCUT2D eigenvalue weighted by atomic mass is 9.71. The molecule has 0 radical (unpaired) electrons. The Morgan fingerprint density at radius 2 is 2.06 bits per heavy atom. The quantitative estimate of drug-likeness (QED) is 0.767. The van der Waals surface area contributed by atoms with E-state index in [2.05, 4.69) is 5.32 Å². The van der Waals surface area contributed by atoms with Gasteiger partial charge in [-0.2, -0.15) is 0 Å². The van der Waals surface area contributed by atoms with Crippen LogP contribution >= 0.6 is 11.6 Å². The molecule has 0 saturated heterocycles. The molecule has 1 atom stereocenters. The molecule has 1 aliphatic carbocycles. The van der Waals surface area contributed by atoms with Crippen molar-refractivity contribution in [2.45, 2.75) is 30.8 Å². The molecule has 1 aliphatic rings. The first-order valence-corrected chi connectivity index (χ1v) is 6.40. The van der Waals surface area contributed by atoms with Crippen molar-refractivity contribution < 1.29 is 9.90 Å². The highest BCUT2D eigenvalue weighted by atomic mass is 35.5. The van der Waals surface area contributed by atoms with Crippen molar-refractivity contribution in [3.63, 3.8) is 0 Å². The lowest BCUT2D eigenvalue weighted by molar-refractivity contribution is -0.126. The van der Waals surface area contributed by atoms with Crippen LogP contribution in [0.3, 0.4) is 0 Å². The highest BCUT2D eigenvalue weighted by molar-refractivity contribution is 6.30. The smallest absolute Gasteiger partial charge is 0.239 e. The lowest BCUT2D eigenvalue weighted by Crippen LogP contribution is -2.56. The topological polar surface area (TPSA) is 75.3 Å². The third-order valence-corrected chi connectivity index (χ3v) is 3.75. The van der Waals surface area contributed by atoms with E-state index in [-0.39, 0.29) is 18.1 Å². The monoisotopic (exact) mass is 268 g/mol. The molecule has 0 spiro atoms. The molecule has 0 heterocycles. The second-order valence-electron chi connectivity index (χ2n) is 4.72. The SMILES string of the molecule is NC(CO)C(=O)NC1(c2ccc(Cl)cc2)CCC1. The number of aliphatic hydroxyl groups excluding tert-OH is 1. The van der Waals surface area contributed by atoms with Crippen LogP contribution in [0.15, 0.2) is 24.3 Å². The third kappa shape index (κ3) is 2.51. The Labute approximate surface area is 111 Å². The van der Waals surface area contributed by atoms with Gasteiger partial charge in [-0.1, -0.05) is 23.7 Å². The largest absolute Gasteiger partial charge is 0.394 e. The Morgan fingerprint density at radius 3 is 2.50 bits per heavy atom. The summed E-state index contributed by atoms with van der Waals surface area (Å²) in [7, 11) is 0. The van der Waals surface area contributed by atoms with Gasteiger partial charge in [-0.3, -0.25) is 4.79 Å². The van der Waals surface area contributed by atoms with Gasteiger partial charge < -0.3 is 16.2 Å². The van der Waals surface area contributed by atoms with Gasteiger partial charge in [-0.15, -0.1) is 0 Å². The second kappa shape index (κ2) is 5.26. The number of carbonyl (C=O) groups is 1. The fraction of sp³-hybridized carbons (Fsp3) is 0.462. The molecular weight excluding hydrogens is 252 g/mol. The van der Waals surface area contributed by atoms with Crippen molar-refractivity contribution in [1.29, 1.82) is 0 Å². The number of amides is 1. The summed E-state index contributed by atoms with van der Waals surface area (Å²) >= 11 is 5.86. The van der Waals surface area contributed by atoms with Crippen LogP contribution in [0.5, 0.6) is 0 Å². The summed E-state index contributed by atoms with van der Waals surface area (Å²) in [6.45, 7) is -0.345. The summed E-state index contributed by atoms with van der Waals surface area (Å²) in [6.07, 6.45) is 2.84. The number of hydrogen-bond acceptors (Lipinski definition) is 3. The molecule has 4 nitrogen and oxygen atoms in total. The Bertz CT molecular complexity index is 429. The summed E-state index contributed by atoms with van der Waals surface area (Å²) in [5.41, 5.74) is 6.22. The average molecular weight is 269 g/mol. The molecular formula is C13H17ClN2O2. The van der Waals surface area contributed by atoms with Gasteiger partial charge in [0.05, 0.1) is 12.1 Å². The molecule has 1 amide bonds. The van der Waals surface area contributed by atoms with Gasteiger partial charge in [-0.05, 0) is 37.0 Å². The highest BCUT2D eigenvalue weighted by Gasteiger charge is 2.40. The minimum Gasteiger partial charge on any atom is -0.394 e. The molecule has 5 heteroatoms. The minimum atomic E-state index is -0.866. The number of aliphatic hydroxyl groups is 1. The molecule has 0 aliphatic heterocycles. The standard InChI is InChI=1S/C13H17ClN2O2/c14-10-4-2-9(3-5-10)13(6-1-7-13)16-12(18)11(15)8-17/h2-5,11,17H,1,6-8,15H2,(H,16,18). The van der Waals surface area contributed by atoms with Crippen LogP contribution in [-0.2, 0) is 10.3 Å². The molecule has 18 heavy (non-hydrogen) atoms. The fourth-order valence-electron chi connectivity index (χ4n) is 2.20. The summed E-state index contributed by atoms with van der Waals surface area (Å²) < 4.78 is 0. The van der Waals surface area contributed by atoms with Gasteiger partial charge >= 0.3 is 0 Å². The van der Waals surface area contributed by atoms with Crippen LogP contribution in [0, 0.1) is 0 Å². The summed E-state index contributed by atoms with van der Waals surface area (Å²) in [4.78, 5) is 11.8. The van der Waals surface area contributed by atoms with E-state index in [9.17, 15) is 4.79 Å². The van der Waals surface area contributed by atoms with Gasteiger partial charge in [0.2, 0.25) is 5.91 Å². The van der Waals surface area contributed by atoms with Crippen molar-refractivity contribution in [3.8, 4) is 0 Å². The number of nitrogens with one attached hydrogen (secondary N) is 1. The Morgan fingerprint density at radius 1 is 1.44 bits per heavy atom. The van der Waals surface area contributed by atoms with E-state index >= 15 is 0 Å². The van der Waals surface area contributed by atoms with Crippen LogP contribution in [0.2, 0.25) is 5.02 Å². The van der Waals surface area contributed by atoms with Crippen molar-refractivity contribution in [1.82, 2.24) is 5.32 Å². The second-order valence-corrected chi connectivity index (χ2v) is 5.16. The third-order valence-electron chi connectivity index (χ3n) is 3.50. The van der Waals surface area contributed by atoms with E-state index < -0.39 is 6.04 Å². The Hall–Kier alpha value is -1.10. The van der Waals surface area contributed by atoms with Crippen LogP contribution in [0.1, 0.15) is 24.8 Å². The van der Waals surface area contributed by atoms with E-state index in [4.69, 9.17) is 22.4 Å². The first-order valence-electron chi connectivity index (χ1n) is 6.02. The van der Waals surface area contributed by atoms with Gasteiger partial charge in [-0.25, -0.2) is 0 Å². The van der Waals surface area contributed by atoms with E-state index in [0.717, 1.165) is 24.8 Å². The maximum atomic E-state index is 11.8. The minimum absolute atomic E-state index is 0.313. The number of benzene rings is 1. The zero-order valence-electron chi connectivity index (χ0n) is 10.0.